The van der Waals surface area contributed by atoms with E-state index in [9.17, 15) is 4.79 Å². The molecular formula is C10H10N2O2. The van der Waals surface area contributed by atoms with Gasteiger partial charge in [0.15, 0.2) is 5.71 Å². The minimum atomic E-state index is -0.322. The lowest BCUT2D eigenvalue weighted by Crippen LogP contribution is -2.30. The maximum atomic E-state index is 11.4. The number of fused-ring (bicyclic) bond motifs is 1. The van der Waals surface area contributed by atoms with Crippen molar-refractivity contribution in [1.29, 1.82) is 0 Å². The highest BCUT2D eigenvalue weighted by Crippen LogP contribution is 2.13. The Bertz CT molecular complexity index is 399. The molecule has 1 heterocycles. The van der Waals surface area contributed by atoms with E-state index in [1.165, 1.54) is 0 Å². The summed E-state index contributed by atoms with van der Waals surface area (Å²) >= 11 is 0. The van der Waals surface area contributed by atoms with E-state index < -0.39 is 0 Å². The summed E-state index contributed by atoms with van der Waals surface area (Å²) in [6.07, 6.45) is 0.765. The van der Waals surface area contributed by atoms with E-state index in [1.807, 2.05) is 18.2 Å². The van der Waals surface area contributed by atoms with E-state index in [-0.39, 0.29) is 11.6 Å². The molecule has 0 saturated heterocycles. The van der Waals surface area contributed by atoms with Crippen LogP contribution in [-0.2, 0) is 11.2 Å². The number of carbonyl (C=O) groups is 1. The van der Waals surface area contributed by atoms with Gasteiger partial charge in [0.05, 0.1) is 0 Å². The van der Waals surface area contributed by atoms with E-state index in [4.69, 9.17) is 5.21 Å². The normalized spacial score (nSPS) is 18.6. The molecule has 0 aromatic heterocycles. The second kappa shape index (κ2) is 3.49. The largest absolute Gasteiger partial charge is 0.410 e. The van der Waals surface area contributed by atoms with Gasteiger partial charge in [-0.05, 0) is 12.0 Å². The molecule has 0 unspecified atom stereocenters. The van der Waals surface area contributed by atoms with E-state index in [2.05, 4.69) is 10.5 Å². The van der Waals surface area contributed by atoms with Crippen LogP contribution in [-0.4, -0.2) is 23.4 Å². The monoisotopic (exact) mass is 190 g/mol. The van der Waals surface area contributed by atoms with Crippen molar-refractivity contribution in [2.75, 3.05) is 6.54 Å². The molecule has 1 aromatic carbocycles. The van der Waals surface area contributed by atoms with Crippen LogP contribution in [0.3, 0.4) is 0 Å². The van der Waals surface area contributed by atoms with Crippen LogP contribution in [0.2, 0.25) is 0 Å². The number of rotatable bonds is 0. The second-order valence-corrected chi connectivity index (χ2v) is 3.11. The van der Waals surface area contributed by atoms with Gasteiger partial charge in [0.2, 0.25) is 0 Å². The molecule has 4 nitrogen and oxygen atoms in total. The second-order valence-electron chi connectivity index (χ2n) is 3.11. The first-order chi connectivity index (χ1) is 6.83. The van der Waals surface area contributed by atoms with Crippen molar-refractivity contribution in [3.63, 3.8) is 0 Å². The van der Waals surface area contributed by atoms with Crippen LogP contribution in [0, 0.1) is 0 Å². The van der Waals surface area contributed by atoms with Crippen molar-refractivity contribution in [3.8, 4) is 0 Å². The van der Waals surface area contributed by atoms with Crippen molar-refractivity contribution >= 4 is 11.6 Å². The summed E-state index contributed by atoms with van der Waals surface area (Å²) in [6, 6.07) is 7.45. The fraction of sp³-hybridized carbons (Fsp3) is 0.200. The minimum absolute atomic E-state index is 0.0955. The van der Waals surface area contributed by atoms with E-state index >= 15 is 0 Å². The molecule has 14 heavy (non-hydrogen) atoms. The first-order valence-corrected chi connectivity index (χ1v) is 4.41. The van der Waals surface area contributed by atoms with Crippen LogP contribution in [0.5, 0.6) is 0 Å². The summed E-state index contributed by atoms with van der Waals surface area (Å²) in [5.74, 6) is -0.322. The number of benzene rings is 1. The molecule has 1 aliphatic heterocycles. The van der Waals surface area contributed by atoms with Crippen LogP contribution in [0.15, 0.2) is 29.4 Å². The van der Waals surface area contributed by atoms with Crippen LogP contribution < -0.4 is 5.32 Å². The zero-order valence-corrected chi connectivity index (χ0v) is 7.53. The molecule has 72 valence electrons. The van der Waals surface area contributed by atoms with Gasteiger partial charge in [-0.25, -0.2) is 0 Å². The Morgan fingerprint density at radius 1 is 1.36 bits per heavy atom. The van der Waals surface area contributed by atoms with E-state index in [0.29, 0.717) is 12.1 Å². The van der Waals surface area contributed by atoms with Gasteiger partial charge in [-0.1, -0.05) is 29.4 Å². The van der Waals surface area contributed by atoms with Gasteiger partial charge in [0, 0.05) is 12.1 Å². The minimum Gasteiger partial charge on any atom is -0.410 e. The first-order valence-electron chi connectivity index (χ1n) is 4.41. The van der Waals surface area contributed by atoms with Gasteiger partial charge in [0.25, 0.3) is 5.91 Å². The molecule has 2 rings (SSSR count). The summed E-state index contributed by atoms with van der Waals surface area (Å²) in [5, 5.41) is 14.5. The highest BCUT2D eigenvalue weighted by atomic mass is 16.4. The summed E-state index contributed by atoms with van der Waals surface area (Å²) in [6.45, 7) is 0.578. The number of hydrogen-bond donors (Lipinski definition) is 2. The van der Waals surface area contributed by atoms with Crippen molar-refractivity contribution in [1.82, 2.24) is 5.32 Å². The van der Waals surface area contributed by atoms with E-state index in [1.54, 1.807) is 6.07 Å². The lowest BCUT2D eigenvalue weighted by atomic mass is 10.0. The Kier molecular flexibility index (Phi) is 2.18. The van der Waals surface area contributed by atoms with Gasteiger partial charge in [-0.2, -0.15) is 0 Å². The molecule has 0 radical (unpaired) electrons. The van der Waals surface area contributed by atoms with Crippen molar-refractivity contribution in [3.05, 3.63) is 35.4 Å². The summed E-state index contributed by atoms with van der Waals surface area (Å²) in [5.41, 5.74) is 1.83. The Morgan fingerprint density at radius 3 is 2.93 bits per heavy atom. The van der Waals surface area contributed by atoms with Gasteiger partial charge in [-0.15, -0.1) is 0 Å². The van der Waals surface area contributed by atoms with Gasteiger partial charge in [-0.3, -0.25) is 4.79 Å². The highest BCUT2D eigenvalue weighted by Gasteiger charge is 2.20. The smallest absolute Gasteiger partial charge is 0.273 e. The third-order valence-electron chi connectivity index (χ3n) is 2.27. The molecule has 2 N–H and O–H groups in total. The van der Waals surface area contributed by atoms with Crippen molar-refractivity contribution in [2.45, 2.75) is 6.42 Å². The standard InChI is InChI=1S/C10H10N2O2/c13-10-9(12-14)8-4-2-1-3-7(8)5-6-11-10/h1-4,14H,5-6H2,(H,11,13)/b12-9-. The fourth-order valence-corrected chi connectivity index (χ4v) is 1.59. The predicted octanol–water partition coefficient (Wildman–Crippen LogP) is 0.537. The molecule has 0 bridgehead atoms. The molecule has 0 saturated carbocycles. The quantitative estimate of drug-likeness (QED) is 0.463. The average Bonchev–Trinajstić information content (AvgIpc) is 2.36. The van der Waals surface area contributed by atoms with Gasteiger partial charge in [0.1, 0.15) is 0 Å². The van der Waals surface area contributed by atoms with Crippen LogP contribution in [0.25, 0.3) is 0 Å². The topological polar surface area (TPSA) is 61.7 Å². The summed E-state index contributed by atoms with van der Waals surface area (Å²) < 4.78 is 0. The summed E-state index contributed by atoms with van der Waals surface area (Å²) in [7, 11) is 0. The molecule has 1 amide bonds. The van der Waals surface area contributed by atoms with Gasteiger partial charge >= 0.3 is 0 Å². The highest BCUT2D eigenvalue weighted by molar-refractivity contribution is 6.45. The molecular weight excluding hydrogens is 180 g/mol. The first kappa shape index (κ1) is 8.74. The third kappa shape index (κ3) is 1.35. The lowest BCUT2D eigenvalue weighted by Gasteiger charge is -2.02. The lowest BCUT2D eigenvalue weighted by molar-refractivity contribution is -0.114. The fourth-order valence-electron chi connectivity index (χ4n) is 1.59. The predicted molar refractivity (Wildman–Crippen MR) is 51.5 cm³/mol. The van der Waals surface area contributed by atoms with Crippen molar-refractivity contribution in [2.24, 2.45) is 5.16 Å². The zero-order chi connectivity index (χ0) is 9.97. The third-order valence-corrected chi connectivity index (χ3v) is 2.27. The van der Waals surface area contributed by atoms with E-state index in [0.717, 1.165) is 12.0 Å². The molecule has 4 heteroatoms. The average molecular weight is 190 g/mol. The Morgan fingerprint density at radius 2 is 2.14 bits per heavy atom. The zero-order valence-electron chi connectivity index (χ0n) is 7.53. The molecule has 0 spiro atoms. The SMILES string of the molecule is O=C1NCCc2ccccc2/C1=N/O. The van der Waals surface area contributed by atoms with Gasteiger partial charge < -0.3 is 10.5 Å². The number of hydrogen-bond acceptors (Lipinski definition) is 3. The van der Waals surface area contributed by atoms with Crippen LogP contribution >= 0.6 is 0 Å². The van der Waals surface area contributed by atoms with Crippen molar-refractivity contribution < 1.29 is 10.0 Å². The summed E-state index contributed by atoms with van der Waals surface area (Å²) in [4.78, 5) is 11.4. The Labute approximate surface area is 81.2 Å². The van der Waals surface area contributed by atoms with Crippen LogP contribution in [0.4, 0.5) is 0 Å². The molecule has 1 aromatic rings. The maximum absolute atomic E-state index is 11.4. The Hall–Kier alpha value is -1.84. The number of oxime groups is 1. The number of nitrogens with zero attached hydrogens (tertiary/aromatic N) is 1. The maximum Gasteiger partial charge on any atom is 0.273 e. The molecule has 0 atom stereocenters. The number of nitrogens with one attached hydrogen (secondary N) is 1. The molecule has 0 aliphatic carbocycles. The molecule has 0 fully saturated rings. The Balaban J connectivity index is 2.56. The number of amides is 1. The van der Waals surface area contributed by atoms with Crippen LogP contribution in [0.1, 0.15) is 11.1 Å². The number of carbonyl (C=O) groups excluding carboxylic acids is 1. The molecule has 1 aliphatic rings.